The summed E-state index contributed by atoms with van der Waals surface area (Å²) in [5.74, 6) is 2.75. The number of fused-ring (bicyclic) bond motifs is 2. The lowest BCUT2D eigenvalue weighted by atomic mass is 9.91. The first-order valence-electron chi connectivity index (χ1n) is 7.96. The monoisotopic (exact) mass is 269 g/mol. The number of nitrogens with zero attached hydrogens (tertiary/aromatic N) is 2. The Labute approximate surface area is 120 Å². The quantitative estimate of drug-likeness (QED) is 0.927. The van der Waals surface area contributed by atoms with Crippen LogP contribution in [0.4, 0.5) is 0 Å². The van der Waals surface area contributed by atoms with Crippen molar-refractivity contribution in [1.82, 2.24) is 9.78 Å². The molecule has 0 spiro atoms. The molecule has 0 bridgehead atoms. The van der Waals surface area contributed by atoms with Gasteiger partial charge in [-0.05, 0) is 50.0 Å². The van der Waals surface area contributed by atoms with Crippen LogP contribution in [-0.2, 0) is 13.0 Å². The Morgan fingerprint density at radius 3 is 2.75 bits per heavy atom. The van der Waals surface area contributed by atoms with E-state index in [1.807, 2.05) is 0 Å². The van der Waals surface area contributed by atoms with Crippen LogP contribution in [0.5, 0.6) is 0 Å². The van der Waals surface area contributed by atoms with Crippen LogP contribution in [0.1, 0.15) is 31.9 Å². The van der Waals surface area contributed by atoms with Crippen molar-refractivity contribution in [3.8, 4) is 0 Å². The average molecular weight is 269 g/mol. The summed E-state index contributed by atoms with van der Waals surface area (Å²) >= 11 is 0. The molecule has 3 nitrogen and oxygen atoms in total. The van der Waals surface area contributed by atoms with Crippen molar-refractivity contribution in [1.29, 1.82) is 0 Å². The van der Waals surface area contributed by atoms with Crippen molar-refractivity contribution < 1.29 is 0 Å². The lowest BCUT2D eigenvalue weighted by Crippen LogP contribution is -2.31. The zero-order chi connectivity index (χ0) is 13.7. The van der Waals surface area contributed by atoms with E-state index in [2.05, 4.69) is 35.9 Å². The van der Waals surface area contributed by atoms with Crippen LogP contribution in [0, 0.1) is 17.8 Å². The van der Waals surface area contributed by atoms with E-state index in [1.54, 1.807) is 0 Å². The number of hydrogen-bond acceptors (Lipinski definition) is 2. The third-order valence-corrected chi connectivity index (χ3v) is 5.35. The van der Waals surface area contributed by atoms with E-state index in [4.69, 9.17) is 10.8 Å². The van der Waals surface area contributed by atoms with E-state index in [9.17, 15) is 0 Å². The van der Waals surface area contributed by atoms with Gasteiger partial charge in [0.1, 0.15) is 0 Å². The van der Waals surface area contributed by atoms with Gasteiger partial charge in [0.2, 0.25) is 0 Å². The number of hydrogen-bond donors (Lipinski definition) is 1. The number of para-hydroxylation sites is 1. The average Bonchev–Trinajstić information content (AvgIpc) is 2.94. The number of aromatic nitrogens is 2. The fourth-order valence-electron chi connectivity index (χ4n) is 4.09. The summed E-state index contributed by atoms with van der Waals surface area (Å²) in [4.78, 5) is 0. The second-order valence-electron chi connectivity index (χ2n) is 6.63. The van der Waals surface area contributed by atoms with Gasteiger partial charge < -0.3 is 5.73 Å². The molecule has 2 aliphatic rings. The second-order valence-corrected chi connectivity index (χ2v) is 6.63. The third-order valence-electron chi connectivity index (χ3n) is 5.35. The Morgan fingerprint density at radius 1 is 1.25 bits per heavy atom. The maximum Gasteiger partial charge on any atom is 0.0718 e. The molecule has 0 radical (unpaired) electrons. The van der Waals surface area contributed by atoms with Gasteiger partial charge >= 0.3 is 0 Å². The van der Waals surface area contributed by atoms with E-state index < -0.39 is 0 Å². The van der Waals surface area contributed by atoms with Crippen LogP contribution in [0.25, 0.3) is 10.9 Å². The molecule has 2 N–H and O–H groups in total. The molecule has 3 unspecified atom stereocenters. The van der Waals surface area contributed by atoms with Gasteiger partial charge in [0.25, 0.3) is 0 Å². The molecule has 2 aliphatic carbocycles. The Bertz CT molecular complexity index is 620. The molecule has 1 aromatic heterocycles. The largest absolute Gasteiger partial charge is 0.327 e. The van der Waals surface area contributed by atoms with Gasteiger partial charge in [-0.3, -0.25) is 4.68 Å². The Kier molecular flexibility index (Phi) is 2.84. The SMILES string of the molecule is CCn1nc(CC(N)C2CC3CC3C2)c2ccccc21. The highest BCUT2D eigenvalue weighted by atomic mass is 15.3. The van der Waals surface area contributed by atoms with Crippen LogP contribution in [0.3, 0.4) is 0 Å². The molecular formula is C17H23N3. The topological polar surface area (TPSA) is 43.8 Å². The molecule has 2 saturated carbocycles. The molecule has 0 aliphatic heterocycles. The molecule has 2 fully saturated rings. The van der Waals surface area contributed by atoms with Gasteiger partial charge in [-0.25, -0.2) is 0 Å². The van der Waals surface area contributed by atoms with Crippen LogP contribution in [0.2, 0.25) is 0 Å². The highest BCUT2D eigenvalue weighted by Gasteiger charge is 2.47. The van der Waals surface area contributed by atoms with Crippen LogP contribution < -0.4 is 5.73 Å². The van der Waals surface area contributed by atoms with E-state index in [0.29, 0.717) is 0 Å². The second kappa shape index (κ2) is 4.59. The minimum atomic E-state index is 0.284. The van der Waals surface area contributed by atoms with Crippen LogP contribution >= 0.6 is 0 Å². The van der Waals surface area contributed by atoms with Crippen molar-refractivity contribution >= 4 is 10.9 Å². The fourth-order valence-corrected chi connectivity index (χ4v) is 4.09. The third kappa shape index (κ3) is 1.96. The molecule has 1 aromatic carbocycles. The predicted octanol–water partition coefficient (Wildman–Crippen LogP) is 2.97. The predicted molar refractivity (Wildman–Crippen MR) is 81.4 cm³/mol. The van der Waals surface area contributed by atoms with E-state index in [1.165, 1.54) is 35.9 Å². The Balaban J connectivity index is 1.58. The molecular weight excluding hydrogens is 246 g/mol. The maximum absolute atomic E-state index is 6.49. The standard InChI is InChI=1S/C17H23N3/c1-2-20-17-6-4-3-5-14(17)16(19-20)10-15(18)13-8-11-7-12(11)9-13/h3-6,11-13,15H,2,7-10,18H2,1H3. The molecule has 2 aromatic rings. The first-order valence-corrected chi connectivity index (χ1v) is 7.96. The van der Waals surface area contributed by atoms with Gasteiger partial charge in [-0.15, -0.1) is 0 Å². The summed E-state index contributed by atoms with van der Waals surface area (Å²) in [6, 6.07) is 8.81. The molecule has 4 rings (SSSR count). The molecule has 20 heavy (non-hydrogen) atoms. The van der Waals surface area contributed by atoms with Crippen LogP contribution in [0.15, 0.2) is 24.3 Å². The molecule has 1 heterocycles. The van der Waals surface area contributed by atoms with Gasteiger partial charge in [-0.2, -0.15) is 5.10 Å². The van der Waals surface area contributed by atoms with Gasteiger partial charge in [0.05, 0.1) is 11.2 Å². The minimum absolute atomic E-state index is 0.284. The number of nitrogens with two attached hydrogens (primary N) is 1. The number of benzene rings is 1. The van der Waals surface area contributed by atoms with Gasteiger partial charge in [0, 0.05) is 24.4 Å². The Hall–Kier alpha value is -1.35. The summed E-state index contributed by atoms with van der Waals surface area (Å²) < 4.78 is 2.10. The first-order chi connectivity index (χ1) is 9.76. The zero-order valence-corrected chi connectivity index (χ0v) is 12.1. The van der Waals surface area contributed by atoms with E-state index >= 15 is 0 Å². The molecule has 0 amide bonds. The smallest absolute Gasteiger partial charge is 0.0718 e. The minimum Gasteiger partial charge on any atom is -0.327 e. The molecule has 3 heteroatoms. The molecule has 3 atom stereocenters. The molecule has 0 saturated heterocycles. The summed E-state index contributed by atoms with van der Waals surface area (Å²) in [5, 5.41) is 6.07. The highest BCUT2D eigenvalue weighted by molar-refractivity contribution is 5.82. The van der Waals surface area contributed by atoms with Crippen molar-refractivity contribution in [2.45, 2.75) is 45.2 Å². The van der Waals surface area contributed by atoms with Crippen molar-refractivity contribution in [3.63, 3.8) is 0 Å². The van der Waals surface area contributed by atoms with Crippen molar-refractivity contribution in [3.05, 3.63) is 30.0 Å². The summed E-state index contributed by atoms with van der Waals surface area (Å²) in [5.41, 5.74) is 8.92. The summed E-state index contributed by atoms with van der Waals surface area (Å²) in [6.45, 7) is 3.07. The fraction of sp³-hybridized carbons (Fsp3) is 0.588. The van der Waals surface area contributed by atoms with Crippen molar-refractivity contribution in [2.75, 3.05) is 0 Å². The van der Waals surface area contributed by atoms with Gasteiger partial charge in [0.15, 0.2) is 0 Å². The van der Waals surface area contributed by atoms with E-state index in [-0.39, 0.29) is 6.04 Å². The molecule has 106 valence electrons. The van der Waals surface area contributed by atoms with Crippen molar-refractivity contribution in [2.24, 2.45) is 23.5 Å². The maximum atomic E-state index is 6.49. The number of aryl methyl sites for hydroxylation is 1. The van der Waals surface area contributed by atoms with Crippen LogP contribution in [-0.4, -0.2) is 15.8 Å². The van der Waals surface area contributed by atoms with Gasteiger partial charge in [-0.1, -0.05) is 18.2 Å². The highest BCUT2D eigenvalue weighted by Crippen LogP contribution is 2.55. The van der Waals surface area contributed by atoms with E-state index in [0.717, 1.165) is 30.7 Å². The lowest BCUT2D eigenvalue weighted by Gasteiger charge is -2.19. The zero-order valence-electron chi connectivity index (χ0n) is 12.1. The lowest BCUT2D eigenvalue weighted by molar-refractivity contribution is 0.390. The Morgan fingerprint density at radius 2 is 2.00 bits per heavy atom. The normalized spacial score (nSPS) is 29.6. The number of rotatable bonds is 4. The summed E-state index contributed by atoms with van der Waals surface area (Å²) in [7, 11) is 0. The summed E-state index contributed by atoms with van der Waals surface area (Å²) in [6.07, 6.45) is 5.12. The first kappa shape index (κ1) is 12.4.